The molecule has 1 fully saturated rings. The molecule has 0 aromatic heterocycles. The van der Waals surface area contributed by atoms with Crippen LogP contribution in [0.1, 0.15) is 18.4 Å². The minimum Gasteiger partial charge on any atom is -0.478 e. The second-order valence-electron chi connectivity index (χ2n) is 4.70. The number of hydrogen-bond acceptors (Lipinski definition) is 2. The van der Waals surface area contributed by atoms with E-state index in [0.29, 0.717) is 5.02 Å². The lowest BCUT2D eigenvalue weighted by molar-refractivity contribution is -0.131. The highest BCUT2D eigenvalue weighted by molar-refractivity contribution is 6.30. The maximum absolute atomic E-state index is 10.6. The van der Waals surface area contributed by atoms with Gasteiger partial charge < -0.3 is 10.0 Å². The number of nitrogens with zero attached hydrogens (tertiary/aromatic N) is 1. The molecule has 0 spiro atoms. The zero-order valence-electron chi connectivity index (χ0n) is 10.3. The van der Waals surface area contributed by atoms with E-state index in [2.05, 4.69) is 4.90 Å². The summed E-state index contributed by atoms with van der Waals surface area (Å²) in [5.41, 5.74) is 1.86. The predicted octanol–water partition coefficient (Wildman–Crippen LogP) is 3.28. The number of carbonyl (C=O) groups is 1. The lowest BCUT2D eigenvalue weighted by Gasteiger charge is -2.21. The summed E-state index contributed by atoms with van der Waals surface area (Å²) in [4.78, 5) is 12.8. The Morgan fingerprint density at radius 1 is 1.56 bits per heavy atom. The predicted molar refractivity (Wildman–Crippen MR) is 74.1 cm³/mol. The van der Waals surface area contributed by atoms with Gasteiger partial charge in [0.1, 0.15) is 0 Å². The van der Waals surface area contributed by atoms with Crippen LogP contribution in [0.5, 0.6) is 0 Å². The van der Waals surface area contributed by atoms with Crippen molar-refractivity contribution in [2.24, 2.45) is 5.92 Å². The lowest BCUT2D eigenvalue weighted by atomic mass is 10.1. The summed E-state index contributed by atoms with van der Waals surface area (Å²) in [6, 6.07) is 5.56. The van der Waals surface area contributed by atoms with Crippen molar-refractivity contribution in [3.8, 4) is 0 Å². The summed E-state index contributed by atoms with van der Waals surface area (Å²) in [6.07, 6.45) is 5.31. The first-order valence-electron chi connectivity index (χ1n) is 5.98. The average molecular weight is 266 g/mol. The highest BCUT2D eigenvalue weighted by Gasteiger charge is 2.23. The molecule has 1 aliphatic rings. The van der Waals surface area contributed by atoms with Crippen LogP contribution in [-0.2, 0) is 4.79 Å². The molecule has 96 valence electrons. The molecule has 0 aliphatic heterocycles. The van der Waals surface area contributed by atoms with Crippen LogP contribution < -0.4 is 4.90 Å². The number of rotatable bonds is 5. The summed E-state index contributed by atoms with van der Waals surface area (Å²) >= 11 is 5.96. The molecule has 0 atom stereocenters. The molecule has 1 N–H and O–H groups in total. The third-order valence-corrected chi connectivity index (χ3v) is 3.27. The van der Waals surface area contributed by atoms with Gasteiger partial charge in [0.15, 0.2) is 0 Å². The molecule has 0 radical (unpaired) electrons. The molecule has 18 heavy (non-hydrogen) atoms. The van der Waals surface area contributed by atoms with Gasteiger partial charge in [0, 0.05) is 30.4 Å². The zero-order chi connectivity index (χ0) is 13.1. The number of benzene rings is 1. The fourth-order valence-corrected chi connectivity index (χ4v) is 2.13. The van der Waals surface area contributed by atoms with Crippen LogP contribution in [0.3, 0.4) is 0 Å². The highest BCUT2D eigenvalue weighted by Crippen LogP contribution is 2.32. The molecule has 0 bridgehead atoms. The molecule has 1 aromatic carbocycles. The van der Waals surface area contributed by atoms with E-state index >= 15 is 0 Å². The van der Waals surface area contributed by atoms with Crippen LogP contribution in [0.25, 0.3) is 6.08 Å². The van der Waals surface area contributed by atoms with Gasteiger partial charge in [-0.05, 0) is 48.6 Å². The van der Waals surface area contributed by atoms with Crippen molar-refractivity contribution in [1.29, 1.82) is 0 Å². The van der Waals surface area contributed by atoms with Crippen molar-refractivity contribution < 1.29 is 9.90 Å². The van der Waals surface area contributed by atoms with E-state index in [1.165, 1.54) is 12.8 Å². The van der Waals surface area contributed by atoms with Gasteiger partial charge in [-0.2, -0.15) is 0 Å². The summed E-state index contributed by atoms with van der Waals surface area (Å²) in [7, 11) is 2.03. The Morgan fingerprint density at radius 3 is 2.89 bits per heavy atom. The molecule has 1 saturated carbocycles. The van der Waals surface area contributed by atoms with Gasteiger partial charge in [-0.3, -0.25) is 0 Å². The van der Waals surface area contributed by atoms with Crippen LogP contribution in [0.15, 0.2) is 24.3 Å². The summed E-state index contributed by atoms with van der Waals surface area (Å²) in [5.74, 6) is -0.173. The minimum atomic E-state index is -0.953. The Bertz CT molecular complexity index is 481. The van der Waals surface area contributed by atoms with E-state index in [-0.39, 0.29) is 0 Å². The van der Waals surface area contributed by atoms with Crippen molar-refractivity contribution in [3.05, 3.63) is 34.9 Å². The van der Waals surface area contributed by atoms with Crippen molar-refractivity contribution in [2.45, 2.75) is 12.8 Å². The fraction of sp³-hybridized carbons (Fsp3) is 0.357. The molecule has 3 nitrogen and oxygen atoms in total. The van der Waals surface area contributed by atoms with Crippen LogP contribution in [0.4, 0.5) is 5.69 Å². The van der Waals surface area contributed by atoms with Crippen molar-refractivity contribution >= 4 is 29.3 Å². The van der Waals surface area contributed by atoms with Crippen LogP contribution in [0.2, 0.25) is 5.02 Å². The maximum atomic E-state index is 10.6. The van der Waals surface area contributed by atoms with Gasteiger partial charge in [-0.25, -0.2) is 4.79 Å². The Morgan fingerprint density at radius 2 is 2.28 bits per heavy atom. The van der Waals surface area contributed by atoms with Gasteiger partial charge in [0.25, 0.3) is 0 Å². The standard InChI is InChI=1S/C14H16ClNO2/c1-16(9-10-2-3-10)13-6-5-12(15)8-11(13)4-7-14(17)18/h4-8,10H,2-3,9H2,1H3,(H,17,18)/b7-4+. The molecule has 2 rings (SSSR count). The maximum Gasteiger partial charge on any atom is 0.328 e. The number of carboxylic acids is 1. The first-order chi connectivity index (χ1) is 8.56. The topological polar surface area (TPSA) is 40.5 Å². The lowest BCUT2D eigenvalue weighted by Crippen LogP contribution is -2.20. The van der Waals surface area contributed by atoms with Crippen LogP contribution in [0, 0.1) is 5.92 Å². The van der Waals surface area contributed by atoms with Crippen molar-refractivity contribution in [1.82, 2.24) is 0 Å². The molecule has 1 aliphatic carbocycles. The summed E-state index contributed by atoms with van der Waals surface area (Å²) in [5, 5.41) is 9.31. The molecule has 0 amide bonds. The van der Waals surface area contributed by atoms with Gasteiger partial charge in [-0.15, -0.1) is 0 Å². The highest BCUT2D eigenvalue weighted by atomic mass is 35.5. The molecule has 0 saturated heterocycles. The Kier molecular flexibility index (Phi) is 3.92. The van der Waals surface area contributed by atoms with Gasteiger partial charge in [0.05, 0.1) is 0 Å². The quantitative estimate of drug-likeness (QED) is 0.831. The van der Waals surface area contributed by atoms with E-state index in [9.17, 15) is 4.79 Å². The number of hydrogen-bond donors (Lipinski definition) is 1. The first-order valence-corrected chi connectivity index (χ1v) is 6.36. The zero-order valence-corrected chi connectivity index (χ0v) is 11.0. The molecule has 4 heteroatoms. The van der Waals surface area contributed by atoms with Crippen LogP contribution in [-0.4, -0.2) is 24.7 Å². The minimum absolute atomic E-state index is 0.614. The molecular weight excluding hydrogens is 250 g/mol. The van der Waals surface area contributed by atoms with Crippen LogP contribution >= 0.6 is 11.6 Å². The monoisotopic (exact) mass is 265 g/mol. The number of carboxylic acid groups (broad SMARTS) is 1. The second-order valence-corrected chi connectivity index (χ2v) is 5.14. The normalized spacial score (nSPS) is 15.0. The summed E-state index contributed by atoms with van der Waals surface area (Å²) < 4.78 is 0. The third-order valence-electron chi connectivity index (χ3n) is 3.04. The molecule has 0 unspecified atom stereocenters. The molecular formula is C14H16ClNO2. The van der Waals surface area contributed by atoms with Gasteiger partial charge in [-0.1, -0.05) is 11.6 Å². The average Bonchev–Trinajstić information content (AvgIpc) is 3.10. The second kappa shape index (κ2) is 5.44. The van der Waals surface area contributed by atoms with Gasteiger partial charge in [0.2, 0.25) is 0 Å². The van der Waals surface area contributed by atoms with E-state index in [0.717, 1.165) is 29.8 Å². The van der Waals surface area contributed by atoms with Crippen molar-refractivity contribution in [2.75, 3.05) is 18.5 Å². The molecule has 1 aromatic rings. The Hall–Kier alpha value is -1.48. The van der Waals surface area contributed by atoms with Crippen molar-refractivity contribution in [3.63, 3.8) is 0 Å². The van der Waals surface area contributed by atoms with E-state index < -0.39 is 5.97 Å². The molecule has 0 heterocycles. The van der Waals surface area contributed by atoms with E-state index in [1.807, 2.05) is 19.2 Å². The largest absolute Gasteiger partial charge is 0.478 e. The van der Waals surface area contributed by atoms with Gasteiger partial charge >= 0.3 is 5.97 Å². The Labute approximate surface area is 112 Å². The number of aliphatic carboxylic acids is 1. The first kappa shape index (κ1) is 13.0. The van der Waals surface area contributed by atoms with E-state index in [4.69, 9.17) is 16.7 Å². The summed E-state index contributed by atoms with van der Waals surface area (Å²) in [6.45, 7) is 1.01. The smallest absolute Gasteiger partial charge is 0.328 e. The third kappa shape index (κ3) is 3.50. The Balaban J connectivity index is 2.23. The number of halogens is 1. The SMILES string of the molecule is CN(CC1CC1)c1ccc(Cl)cc1/C=C/C(=O)O. The fourth-order valence-electron chi connectivity index (χ4n) is 1.95. The number of anilines is 1. The van der Waals surface area contributed by atoms with E-state index in [1.54, 1.807) is 12.1 Å².